The van der Waals surface area contributed by atoms with Crippen molar-refractivity contribution in [3.63, 3.8) is 0 Å². The van der Waals surface area contributed by atoms with E-state index < -0.39 is 11.8 Å². The van der Waals surface area contributed by atoms with Gasteiger partial charge < -0.3 is 25.2 Å². The smallest absolute Gasteiger partial charge is 0.323 e. The Morgan fingerprint density at radius 3 is 2.59 bits per heavy atom. The van der Waals surface area contributed by atoms with E-state index in [1.807, 2.05) is 19.1 Å². The van der Waals surface area contributed by atoms with Crippen LogP contribution >= 0.6 is 0 Å². The Kier molecular flexibility index (Phi) is 7.00. The van der Waals surface area contributed by atoms with Crippen molar-refractivity contribution in [2.75, 3.05) is 48.8 Å². The molecule has 0 bridgehead atoms. The average molecular weight is 502 g/mol. The lowest BCUT2D eigenvalue weighted by Crippen LogP contribution is -2.44. The number of aryl methyl sites for hydroxylation is 1. The van der Waals surface area contributed by atoms with Crippen LogP contribution in [-0.4, -0.2) is 59.3 Å². The predicted molar refractivity (Wildman–Crippen MR) is 142 cm³/mol. The molecule has 2 aromatic carbocycles. The number of aromatic nitrogens is 3. The van der Waals surface area contributed by atoms with Crippen LogP contribution in [0.25, 0.3) is 11.3 Å². The van der Waals surface area contributed by atoms with Gasteiger partial charge in [0.05, 0.1) is 17.6 Å². The topological polar surface area (TPSA) is 98.4 Å². The van der Waals surface area contributed by atoms with E-state index in [1.54, 1.807) is 36.8 Å². The maximum absolute atomic E-state index is 14.8. The first-order valence-corrected chi connectivity index (χ1v) is 12.0. The third-order valence-corrected chi connectivity index (χ3v) is 6.14. The van der Waals surface area contributed by atoms with Gasteiger partial charge in [0, 0.05) is 67.6 Å². The highest BCUT2D eigenvalue weighted by Gasteiger charge is 2.16. The number of aromatic amines is 1. The molecule has 1 aliphatic heterocycles. The van der Waals surface area contributed by atoms with E-state index in [0.29, 0.717) is 22.9 Å². The zero-order chi connectivity index (χ0) is 25.8. The van der Waals surface area contributed by atoms with Crippen LogP contribution in [0.1, 0.15) is 5.56 Å². The molecule has 3 N–H and O–H groups in total. The molecule has 5 rings (SSSR count). The first-order chi connectivity index (χ1) is 17.9. The first kappa shape index (κ1) is 24.3. The van der Waals surface area contributed by atoms with Gasteiger partial charge in [-0.05, 0) is 55.9 Å². The quantitative estimate of drug-likeness (QED) is 0.340. The number of anilines is 3. The number of urea groups is 1. The van der Waals surface area contributed by atoms with Crippen LogP contribution in [0.15, 0.2) is 67.1 Å². The summed E-state index contributed by atoms with van der Waals surface area (Å²) in [6.07, 6.45) is 4.98. The van der Waals surface area contributed by atoms with Gasteiger partial charge in [0.2, 0.25) is 0 Å². The van der Waals surface area contributed by atoms with Crippen LogP contribution in [-0.2, 0) is 0 Å². The molecule has 2 aromatic heterocycles. The number of piperazine rings is 1. The largest absolute Gasteiger partial charge is 0.457 e. The van der Waals surface area contributed by atoms with Gasteiger partial charge >= 0.3 is 6.03 Å². The highest BCUT2D eigenvalue weighted by molar-refractivity contribution is 6.00. The Labute approximate surface area is 214 Å². The van der Waals surface area contributed by atoms with Crippen LogP contribution in [0.2, 0.25) is 0 Å². The van der Waals surface area contributed by atoms with Gasteiger partial charge in [-0.2, -0.15) is 5.10 Å². The second-order valence-electron chi connectivity index (χ2n) is 9.03. The molecule has 0 aliphatic carbocycles. The van der Waals surface area contributed by atoms with Crippen molar-refractivity contribution in [2.45, 2.75) is 6.92 Å². The van der Waals surface area contributed by atoms with Gasteiger partial charge in [-0.25, -0.2) is 9.18 Å². The third-order valence-electron chi connectivity index (χ3n) is 6.14. The lowest BCUT2D eigenvalue weighted by atomic mass is 10.1. The molecule has 1 aliphatic rings. The van der Waals surface area contributed by atoms with Gasteiger partial charge in [0.15, 0.2) is 0 Å². The van der Waals surface area contributed by atoms with Crippen LogP contribution in [0.3, 0.4) is 0 Å². The van der Waals surface area contributed by atoms with Crippen molar-refractivity contribution in [2.24, 2.45) is 0 Å². The van der Waals surface area contributed by atoms with Crippen molar-refractivity contribution < 1.29 is 13.9 Å². The highest BCUT2D eigenvalue weighted by atomic mass is 19.1. The Bertz CT molecular complexity index is 1390. The number of carbonyl (C=O) groups excluding carboxylic acids is 1. The number of hydrogen-bond donors (Lipinski definition) is 3. The number of pyridine rings is 1. The monoisotopic (exact) mass is 501 g/mol. The molecule has 0 radical (unpaired) electrons. The number of nitrogens with zero attached hydrogens (tertiary/aromatic N) is 4. The zero-order valence-electron chi connectivity index (χ0n) is 20.7. The first-order valence-electron chi connectivity index (χ1n) is 12.0. The maximum Gasteiger partial charge on any atom is 0.323 e. The summed E-state index contributed by atoms with van der Waals surface area (Å²) in [5.74, 6) is 0.182. The minimum Gasteiger partial charge on any atom is -0.457 e. The molecule has 10 heteroatoms. The lowest BCUT2D eigenvalue weighted by Gasteiger charge is -2.34. The molecule has 0 unspecified atom stereocenters. The van der Waals surface area contributed by atoms with E-state index >= 15 is 0 Å². The van der Waals surface area contributed by atoms with Gasteiger partial charge in [-0.3, -0.25) is 10.1 Å². The average Bonchev–Trinajstić information content (AvgIpc) is 3.41. The van der Waals surface area contributed by atoms with Crippen molar-refractivity contribution in [1.29, 1.82) is 0 Å². The lowest BCUT2D eigenvalue weighted by molar-refractivity contribution is 0.262. The summed E-state index contributed by atoms with van der Waals surface area (Å²) in [6, 6.07) is 13.1. The molecule has 0 saturated carbocycles. The Hall–Kier alpha value is -4.44. The second kappa shape index (κ2) is 10.7. The number of nitrogens with one attached hydrogen (secondary N) is 3. The molecule has 37 heavy (non-hydrogen) atoms. The van der Waals surface area contributed by atoms with Crippen LogP contribution in [0.5, 0.6) is 11.5 Å². The number of H-pyrrole nitrogens is 1. The second-order valence-corrected chi connectivity index (χ2v) is 9.03. The summed E-state index contributed by atoms with van der Waals surface area (Å²) in [5, 5.41) is 12.1. The molecule has 9 nitrogen and oxygen atoms in total. The molecule has 0 atom stereocenters. The van der Waals surface area contributed by atoms with Crippen LogP contribution in [0.4, 0.5) is 26.2 Å². The Morgan fingerprint density at radius 2 is 1.84 bits per heavy atom. The number of benzene rings is 2. The van der Waals surface area contributed by atoms with Crippen molar-refractivity contribution in [3.05, 3.63) is 78.5 Å². The van der Waals surface area contributed by atoms with Gasteiger partial charge in [0.25, 0.3) is 0 Å². The molecule has 190 valence electrons. The summed E-state index contributed by atoms with van der Waals surface area (Å²) in [4.78, 5) is 21.5. The van der Waals surface area contributed by atoms with E-state index in [4.69, 9.17) is 4.74 Å². The van der Waals surface area contributed by atoms with E-state index in [2.05, 4.69) is 48.7 Å². The molecular weight excluding hydrogens is 473 g/mol. The number of likely N-dealkylation sites (N-methyl/N-ethyl adjacent to an activating group) is 1. The fraction of sp³-hybridized carbons (Fsp3) is 0.222. The molecular formula is C27H28FN7O2. The number of rotatable bonds is 6. The van der Waals surface area contributed by atoms with Gasteiger partial charge in [0.1, 0.15) is 17.3 Å². The predicted octanol–water partition coefficient (Wildman–Crippen LogP) is 5.11. The number of halogens is 1. The molecule has 4 aromatic rings. The summed E-state index contributed by atoms with van der Waals surface area (Å²) in [5.41, 5.74) is 4.28. The minimum atomic E-state index is -0.612. The standard InChI is InChI=1S/C27H28FN7O2/c1-18-11-20(13-21(12-18)35-9-7-34(2)8-10-35)32-27(36)33-25-4-3-22(14-24(25)28)37-23-5-6-29-26(15-23)19-16-30-31-17-19/h3-6,11-17H,7-10H2,1-2H3,(H,30,31)(H2,32,33,36). The Morgan fingerprint density at radius 1 is 1.03 bits per heavy atom. The normalized spacial score (nSPS) is 13.9. The molecule has 3 heterocycles. The number of amides is 2. The van der Waals surface area contributed by atoms with E-state index in [0.717, 1.165) is 43.0 Å². The van der Waals surface area contributed by atoms with Gasteiger partial charge in [-0.15, -0.1) is 0 Å². The number of ether oxygens (including phenoxy) is 1. The highest BCUT2D eigenvalue weighted by Crippen LogP contribution is 2.28. The molecule has 1 fully saturated rings. The third kappa shape index (κ3) is 6.04. The summed E-state index contributed by atoms with van der Waals surface area (Å²) >= 11 is 0. The van der Waals surface area contributed by atoms with Crippen molar-refractivity contribution >= 4 is 23.1 Å². The molecule has 0 spiro atoms. The van der Waals surface area contributed by atoms with Crippen molar-refractivity contribution in [3.8, 4) is 22.8 Å². The van der Waals surface area contributed by atoms with Crippen molar-refractivity contribution in [1.82, 2.24) is 20.1 Å². The fourth-order valence-corrected chi connectivity index (χ4v) is 4.19. The van der Waals surface area contributed by atoms with Gasteiger partial charge in [-0.1, -0.05) is 0 Å². The number of carbonyl (C=O) groups is 1. The van der Waals surface area contributed by atoms with E-state index in [1.165, 1.54) is 12.1 Å². The summed E-state index contributed by atoms with van der Waals surface area (Å²) in [7, 11) is 2.11. The van der Waals surface area contributed by atoms with E-state index in [9.17, 15) is 9.18 Å². The maximum atomic E-state index is 14.8. The minimum absolute atomic E-state index is 0.0469. The Balaban J connectivity index is 1.23. The summed E-state index contributed by atoms with van der Waals surface area (Å²) < 4.78 is 20.6. The summed E-state index contributed by atoms with van der Waals surface area (Å²) in [6.45, 7) is 5.82. The van der Waals surface area contributed by atoms with E-state index in [-0.39, 0.29) is 5.69 Å². The molecule has 2 amide bonds. The zero-order valence-corrected chi connectivity index (χ0v) is 20.7. The van der Waals surface area contributed by atoms with Crippen LogP contribution < -0.4 is 20.3 Å². The molecule has 1 saturated heterocycles. The fourth-order valence-electron chi connectivity index (χ4n) is 4.19. The number of hydrogen-bond acceptors (Lipinski definition) is 6. The SMILES string of the molecule is Cc1cc(NC(=O)Nc2ccc(Oc3ccnc(-c4cn[nH]c4)c3)cc2F)cc(N2CCN(C)CC2)c1. The van der Waals surface area contributed by atoms with Crippen LogP contribution in [0, 0.1) is 12.7 Å².